The third-order valence-corrected chi connectivity index (χ3v) is 6.70. The van der Waals surface area contributed by atoms with Crippen LogP contribution >= 0.6 is 0 Å². The molecule has 0 atom stereocenters. The summed E-state index contributed by atoms with van der Waals surface area (Å²) >= 11 is 0. The number of nitrogens with one attached hydrogen (secondary N) is 1. The van der Waals surface area contributed by atoms with E-state index in [-0.39, 0.29) is 11.7 Å². The first-order valence-corrected chi connectivity index (χ1v) is 10.9. The van der Waals surface area contributed by atoms with Gasteiger partial charge >= 0.3 is 0 Å². The summed E-state index contributed by atoms with van der Waals surface area (Å²) in [5.74, 6) is 1.44. The zero-order valence-corrected chi connectivity index (χ0v) is 16.8. The van der Waals surface area contributed by atoms with E-state index in [1.165, 1.54) is 4.31 Å². The molecule has 3 heterocycles. The maximum absolute atomic E-state index is 12.6. The number of aryl methyl sites for hydroxylation is 1. The summed E-state index contributed by atoms with van der Waals surface area (Å²) < 4.78 is 27.5. The Morgan fingerprint density at radius 1 is 1.17 bits per heavy atom. The van der Waals surface area contributed by atoms with Gasteiger partial charge in [-0.05, 0) is 49.2 Å². The smallest absolute Gasteiger partial charge is 0.251 e. The van der Waals surface area contributed by atoms with Crippen LogP contribution < -0.4 is 9.62 Å². The number of rotatable bonds is 5. The number of carbonyl (C=O) groups is 1. The number of hydrogen-bond donors (Lipinski definition) is 1. The van der Waals surface area contributed by atoms with Crippen LogP contribution in [0.2, 0.25) is 0 Å². The van der Waals surface area contributed by atoms with Gasteiger partial charge in [-0.3, -0.25) is 13.7 Å². The van der Waals surface area contributed by atoms with Crippen LogP contribution in [0.5, 0.6) is 0 Å². The zero-order chi connectivity index (χ0) is 20.4. The second kappa shape index (κ2) is 7.67. The number of sulfonamides is 1. The number of hydrogen-bond acceptors (Lipinski definition) is 5. The Morgan fingerprint density at radius 2 is 2.03 bits per heavy atom. The average Bonchev–Trinajstić information content (AvgIpc) is 3.31. The van der Waals surface area contributed by atoms with Gasteiger partial charge in [0.1, 0.15) is 11.6 Å². The van der Waals surface area contributed by atoms with Crippen LogP contribution in [-0.4, -0.2) is 41.2 Å². The summed E-state index contributed by atoms with van der Waals surface area (Å²) in [4.78, 5) is 21.1. The van der Waals surface area contributed by atoms with E-state index >= 15 is 0 Å². The molecule has 0 unspecified atom stereocenters. The molecule has 3 aromatic rings. The molecule has 29 heavy (non-hydrogen) atoms. The largest absolute Gasteiger partial charge is 0.348 e. The molecule has 8 nitrogen and oxygen atoms in total. The van der Waals surface area contributed by atoms with E-state index in [2.05, 4.69) is 15.3 Å². The van der Waals surface area contributed by atoms with Crippen molar-refractivity contribution in [3.05, 3.63) is 71.9 Å². The van der Waals surface area contributed by atoms with E-state index in [9.17, 15) is 13.2 Å². The number of benzene rings is 1. The molecule has 1 amide bonds. The van der Waals surface area contributed by atoms with E-state index in [0.29, 0.717) is 30.8 Å². The summed E-state index contributed by atoms with van der Waals surface area (Å²) in [6, 6.07) is 10.4. The average molecular weight is 411 g/mol. The molecular formula is C20H21N5O3S. The lowest BCUT2D eigenvalue weighted by Gasteiger charge is -2.17. The minimum absolute atomic E-state index is 0.143. The third kappa shape index (κ3) is 4.00. The lowest BCUT2D eigenvalue weighted by Crippen LogP contribution is -2.26. The van der Waals surface area contributed by atoms with Crippen LogP contribution in [-0.2, 0) is 16.6 Å². The predicted octanol–water partition coefficient (Wildman–Crippen LogP) is 2.05. The molecule has 1 aromatic carbocycles. The number of pyridine rings is 1. The fourth-order valence-corrected chi connectivity index (χ4v) is 4.89. The van der Waals surface area contributed by atoms with Gasteiger partial charge in [0.25, 0.3) is 5.91 Å². The van der Waals surface area contributed by atoms with Crippen molar-refractivity contribution >= 4 is 21.6 Å². The maximum Gasteiger partial charge on any atom is 0.251 e. The van der Waals surface area contributed by atoms with Crippen molar-refractivity contribution in [3.8, 4) is 5.82 Å². The predicted molar refractivity (Wildman–Crippen MR) is 109 cm³/mol. The van der Waals surface area contributed by atoms with Crippen LogP contribution in [0.15, 0.2) is 55.0 Å². The molecule has 4 rings (SSSR count). The molecule has 1 aliphatic heterocycles. The maximum atomic E-state index is 12.6. The third-order valence-electron chi connectivity index (χ3n) is 4.83. The number of imidazole rings is 1. The zero-order valence-electron chi connectivity index (χ0n) is 15.9. The van der Waals surface area contributed by atoms with Gasteiger partial charge in [0.05, 0.1) is 11.4 Å². The Kier molecular flexibility index (Phi) is 5.06. The minimum atomic E-state index is -3.28. The van der Waals surface area contributed by atoms with Gasteiger partial charge in [0.2, 0.25) is 10.0 Å². The SMILES string of the molecule is Cc1nccn1-c1cc(CNC(=O)c2cccc(N3CCCS3(=O)=O)c2)ccn1. The van der Waals surface area contributed by atoms with Crippen molar-refractivity contribution in [1.29, 1.82) is 0 Å². The van der Waals surface area contributed by atoms with E-state index < -0.39 is 10.0 Å². The lowest BCUT2D eigenvalue weighted by atomic mass is 10.1. The molecule has 0 bridgehead atoms. The number of nitrogens with zero attached hydrogens (tertiary/aromatic N) is 4. The molecular weight excluding hydrogens is 390 g/mol. The number of carbonyl (C=O) groups excluding carboxylic acids is 1. The Morgan fingerprint density at radius 3 is 2.76 bits per heavy atom. The normalized spacial score (nSPS) is 15.4. The van der Waals surface area contributed by atoms with Crippen molar-refractivity contribution in [2.75, 3.05) is 16.6 Å². The summed E-state index contributed by atoms with van der Waals surface area (Å²) in [5, 5.41) is 2.88. The van der Waals surface area contributed by atoms with E-state index in [4.69, 9.17) is 0 Å². The van der Waals surface area contributed by atoms with E-state index in [0.717, 1.165) is 17.2 Å². The highest BCUT2D eigenvalue weighted by molar-refractivity contribution is 7.93. The van der Waals surface area contributed by atoms with Crippen molar-refractivity contribution in [1.82, 2.24) is 19.9 Å². The molecule has 2 aromatic heterocycles. The quantitative estimate of drug-likeness (QED) is 0.693. The van der Waals surface area contributed by atoms with Crippen molar-refractivity contribution in [3.63, 3.8) is 0 Å². The van der Waals surface area contributed by atoms with Crippen LogP contribution in [0.3, 0.4) is 0 Å². The molecule has 150 valence electrons. The minimum Gasteiger partial charge on any atom is -0.348 e. The molecule has 1 aliphatic rings. The van der Waals surface area contributed by atoms with Crippen molar-refractivity contribution in [2.45, 2.75) is 19.9 Å². The van der Waals surface area contributed by atoms with Gasteiger partial charge in [-0.15, -0.1) is 0 Å². The van der Waals surface area contributed by atoms with Crippen LogP contribution in [0.4, 0.5) is 5.69 Å². The van der Waals surface area contributed by atoms with Gasteiger partial charge < -0.3 is 5.32 Å². The molecule has 1 saturated heterocycles. The Hall–Kier alpha value is -3.20. The monoisotopic (exact) mass is 411 g/mol. The highest BCUT2D eigenvalue weighted by atomic mass is 32.2. The van der Waals surface area contributed by atoms with Gasteiger partial charge in [0.15, 0.2) is 0 Å². The highest BCUT2D eigenvalue weighted by Crippen LogP contribution is 2.24. The van der Waals surface area contributed by atoms with Crippen LogP contribution in [0.1, 0.15) is 28.2 Å². The second-order valence-corrected chi connectivity index (χ2v) is 8.85. The summed E-state index contributed by atoms with van der Waals surface area (Å²) in [7, 11) is -3.28. The lowest BCUT2D eigenvalue weighted by molar-refractivity contribution is 0.0951. The molecule has 0 aliphatic carbocycles. The first-order chi connectivity index (χ1) is 13.9. The van der Waals surface area contributed by atoms with E-state index in [1.54, 1.807) is 36.7 Å². The molecule has 1 N–H and O–H groups in total. The van der Waals surface area contributed by atoms with Gasteiger partial charge in [-0.2, -0.15) is 0 Å². The topological polar surface area (TPSA) is 97.2 Å². The van der Waals surface area contributed by atoms with Crippen LogP contribution in [0, 0.1) is 6.92 Å². The number of anilines is 1. The van der Waals surface area contributed by atoms with Crippen molar-refractivity contribution in [2.24, 2.45) is 0 Å². The summed E-state index contributed by atoms with van der Waals surface area (Å²) in [6.07, 6.45) is 5.82. The molecule has 9 heteroatoms. The van der Waals surface area contributed by atoms with Gasteiger partial charge in [-0.1, -0.05) is 6.07 Å². The Labute approximate surface area is 169 Å². The van der Waals surface area contributed by atoms with Gasteiger partial charge in [0, 0.05) is 37.2 Å². The van der Waals surface area contributed by atoms with Crippen molar-refractivity contribution < 1.29 is 13.2 Å². The fraction of sp³-hybridized carbons (Fsp3) is 0.250. The molecule has 1 fully saturated rings. The molecule has 0 radical (unpaired) electrons. The first-order valence-electron chi connectivity index (χ1n) is 9.28. The first kappa shape index (κ1) is 19.1. The second-order valence-electron chi connectivity index (χ2n) is 6.84. The highest BCUT2D eigenvalue weighted by Gasteiger charge is 2.28. The fourth-order valence-electron chi connectivity index (χ4n) is 3.34. The number of aromatic nitrogens is 3. The van der Waals surface area contributed by atoms with Crippen LogP contribution in [0.25, 0.3) is 5.82 Å². The Balaban J connectivity index is 1.47. The Bertz CT molecular complexity index is 1160. The molecule has 0 saturated carbocycles. The van der Waals surface area contributed by atoms with E-state index in [1.807, 2.05) is 29.8 Å². The standard InChI is InChI=1S/C20H21N5O3S/c1-15-21-8-10-24(15)19-12-16(6-7-22-19)14-23-20(26)17-4-2-5-18(13-17)25-9-3-11-29(25,27)28/h2,4-8,10,12-13H,3,9,11,14H2,1H3,(H,23,26). The number of amides is 1. The molecule has 0 spiro atoms. The van der Waals surface area contributed by atoms with Gasteiger partial charge in [-0.25, -0.2) is 18.4 Å². The summed E-state index contributed by atoms with van der Waals surface area (Å²) in [5.41, 5.74) is 1.84. The summed E-state index contributed by atoms with van der Waals surface area (Å²) in [6.45, 7) is 2.67.